The van der Waals surface area contributed by atoms with Gasteiger partial charge in [-0.05, 0) is 11.5 Å². The van der Waals surface area contributed by atoms with Gasteiger partial charge in [0.2, 0.25) is 0 Å². The van der Waals surface area contributed by atoms with Crippen LogP contribution in [0.4, 0.5) is 0 Å². The lowest BCUT2D eigenvalue weighted by molar-refractivity contribution is -0.146. The third kappa shape index (κ3) is 2.83. The number of hydrogen-bond donors (Lipinski definition) is 1. The zero-order valence-electron chi connectivity index (χ0n) is 9.88. The van der Waals surface area contributed by atoms with Gasteiger partial charge in [0, 0.05) is 0 Å². The van der Waals surface area contributed by atoms with E-state index in [9.17, 15) is 9.90 Å². The second-order valence-electron chi connectivity index (χ2n) is 4.15. The van der Waals surface area contributed by atoms with E-state index in [1.54, 1.807) is 0 Å². The van der Waals surface area contributed by atoms with E-state index in [0.717, 1.165) is 5.56 Å². The van der Waals surface area contributed by atoms with Gasteiger partial charge in [-0.15, -0.1) is 0 Å². The standard InChI is InChI=1S/C13H18O3/c1-9(2)12(14)11(13(15)16-3)10-7-5-4-6-8-10/h4-9,11-12,14H,1-3H3. The number of carbonyl (C=O) groups is 1. The van der Waals surface area contributed by atoms with Crippen molar-refractivity contribution in [2.75, 3.05) is 7.11 Å². The van der Waals surface area contributed by atoms with E-state index < -0.39 is 18.0 Å². The van der Waals surface area contributed by atoms with Crippen molar-refractivity contribution in [1.82, 2.24) is 0 Å². The van der Waals surface area contributed by atoms with Gasteiger partial charge in [-0.25, -0.2) is 0 Å². The molecule has 1 rings (SSSR count). The molecule has 0 aliphatic heterocycles. The van der Waals surface area contributed by atoms with Crippen LogP contribution in [0.1, 0.15) is 25.3 Å². The second-order valence-corrected chi connectivity index (χ2v) is 4.15. The van der Waals surface area contributed by atoms with Crippen molar-refractivity contribution < 1.29 is 14.6 Å². The number of rotatable bonds is 4. The lowest BCUT2D eigenvalue weighted by atomic mass is 9.87. The Balaban J connectivity index is 3.01. The monoisotopic (exact) mass is 222 g/mol. The Labute approximate surface area is 96.1 Å². The van der Waals surface area contributed by atoms with E-state index in [1.807, 2.05) is 44.2 Å². The van der Waals surface area contributed by atoms with Gasteiger partial charge in [0.1, 0.15) is 5.92 Å². The average Bonchev–Trinajstić information content (AvgIpc) is 2.30. The van der Waals surface area contributed by atoms with Gasteiger partial charge >= 0.3 is 5.97 Å². The summed E-state index contributed by atoms with van der Waals surface area (Å²) in [6, 6.07) is 9.22. The number of methoxy groups -OCH3 is 1. The number of ether oxygens (including phenoxy) is 1. The molecule has 0 aliphatic carbocycles. The molecule has 2 unspecified atom stereocenters. The summed E-state index contributed by atoms with van der Waals surface area (Å²) in [7, 11) is 1.34. The molecule has 16 heavy (non-hydrogen) atoms. The fourth-order valence-corrected chi connectivity index (χ4v) is 1.64. The van der Waals surface area contributed by atoms with Crippen LogP contribution in [0.15, 0.2) is 30.3 Å². The quantitative estimate of drug-likeness (QED) is 0.792. The van der Waals surface area contributed by atoms with Crippen LogP contribution in [0.5, 0.6) is 0 Å². The van der Waals surface area contributed by atoms with Crippen molar-refractivity contribution in [2.24, 2.45) is 5.92 Å². The topological polar surface area (TPSA) is 46.5 Å². The zero-order valence-corrected chi connectivity index (χ0v) is 9.88. The van der Waals surface area contributed by atoms with E-state index in [2.05, 4.69) is 0 Å². The summed E-state index contributed by atoms with van der Waals surface area (Å²) in [5.41, 5.74) is 0.788. The van der Waals surface area contributed by atoms with Gasteiger partial charge in [0.15, 0.2) is 0 Å². The molecule has 0 spiro atoms. The smallest absolute Gasteiger partial charge is 0.315 e. The summed E-state index contributed by atoms with van der Waals surface area (Å²) in [6.07, 6.45) is -0.727. The van der Waals surface area contributed by atoms with Crippen LogP contribution in [0, 0.1) is 5.92 Å². The molecule has 0 aliphatic rings. The average molecular weight is 222 g/mol. The Bertz CT molecular complexity index is 332. The summed E-state index contributed by atoms with van der Waals surface area (Å²) in [5.74, 6) is -0.997. The molecule has 0 radical (unpaired) electrons. The Kier molecular flexibility index (Phi) is 4.50. The van der Waals surface area contributed by atoms with Crippen LogP contribution < -0.4 is 0 Å². The Morgan fingerprint density at radius 3 is 2.25 bits per heavy atom. The second kappa shape index (κ2) is 5.66. The molecule has 0 heterocycles. The van der Waals surface area contributed by atoms with E-state index in [4.69, 9.17) is 4.74 Å². The number of carbonyl (C=O) groups excluding carboxylic acids is 1. The molecule has 0 saturated heterocycles. The first kappa shape index (κ1) is 12.7. The van der Waals surface area contributed by atoms with E-state index in [-0.39, 0.29) is 5.92 Å². The Morgan fingerprint density at radius 2 is 1.81 bits per heavy atom. The van der Waals surface area contributed by atoms with Crippen molar-refractivity contribution >= 4 is 5.97 Å². The van der Waals surface area contributed by atoms with Crippen molar-refractivity contribution in [2.45, 2.75) is 25.9 Å². The molecule has 0 amide bonds. The summed E-state index contributed by atoms with van der Waals surface area (Å²) in [5, 5.41) is 10.0. The van der Waals surface area contributed by atoms with Crippen molar-refractivity contribution in [3.63, 3.8) is 0 Å². The number of esters is 1. The van der Waals surface area contributed by atoms with Crippen LogP contribution in [-0.4, -0.2) is 24.3 Å². The highest BCUT2D eigenvalue weighted by Crippen LogP contribution is 2.25. The number of hydrogen-bond acceptors (Lipinski definition) is 3. The zero-order chi connectivity index (χ0) is 12.1. The number of benzene rings is 1. The maximum atomic E-state index is 11.7. The van der Waals surface area contributed by atoms with E-state index >= 15 is 0 Å². The molecule has 1 aromatic carbocycles. The minimum Gasteiger partial charge on any atom is -0.468 e. The van der Waals surface area contributed by atoms with Gasteiger partial charge in [-0.3, -0.25) is 4.79 Å². The van der Waals surface area contributed by atoms with Crippen molar-refractivity contribution in [1.29, 1.82) is 0 Å². The molecule has 0 aromatic heterocycles. The molecule has 2 atom stereocenters. The molecule has 0 bridgehead atoms. The minimum atomic E-state index is -0.727. The van der Waals surface area contributed by atoms with Gasteiger partial charge in [-0.2, -0.15) is 0 Å². The summed E-state index contributed by atoms with van der Waals surface area (Å²) in [6.45, 7) is 3.76. The molecule has 1 aromatic rings. The molecule has 88 valence electrons. The van der Waals surface area contributed by atoms with Gasteiger partial charge in [0.25, 0.3) is 0 Å². The van der Waals surface area contributed by atoms with Crippen molar-refractivity contribution in [3.8, 4) is 0 Å². The van der Waals surface area contributed by atoms with E-state index in [1.165, 1.54) is 7.11 Å². The highest BCUT2D eigenvalue weighted by molar-refractivity contribution is 5.78. The summed E-state index contributed by atoms with van der Waals surface area (Å²) in [4.78, 5) is 11.7. The first-order valence-electron chi connectivity index (χ1n) is 5.38. The van der Waals surface area contributed by atoms with Gasteiger partial charge in [0.05, 0.1) is 13.2 Å². The highest BCUT2D eigenvalue weighted by Gasteiger charge is 2.31. The van der Waals surface area contributed by atoms with Crippen LogP contribution in [0.3, 0.4) is 0 Å². The Hall–Kier alpha value is -1.35. The first-order chi connectivity index (χ1) is 7.57. The lowest BCUT2D eigenvalue weighted by Gasteiger charge is -2.23. The van der Waals surface area contributed by atoms with Crippen LogP contribution in [0.2, 0.25) is 0 Å². The van der Waals surface area contributed by atoms with Crippen molar-refractivity contribution in [3.05, 3.63) is 35.9 Å². The third-order valence-electron chi connectivity index (χ3n) is 2.64. The predicted molar refractivity (Wildman–Crippen MR) is 62.0 cm³/mol. The van der Waals surface area contributed by atoms with Gasteiger partial charge in [-0.1, -0.05) is 44.2 Å². The fourth-order valence-electron chi connectivity index (χ4n) is 1.64. The van der Waals surface area contributed by atoms with Crippen LogP contribution >= 0.6 is 0 Å². The molecule has 1 N–H and O–H groups in total. The molecular formula is C13H18O3. The lowest BCUT2D eigenvalue weighted by Crippen LogP contribution is -2.31. The maximum Gasteiger partial charge on any atom is 0.315 e. The normalized spacial score (nSPS) is 14.6. The summed E-state index contributed by atoms with van der Waals surface area (Å²) < 4.78 is 4.74. The fraction of sp³-hybridized carbons (Fsp3) is 0.462. The maximum absolute atomic E-state index is 11.7. The molecular weight excluding hydrogens is 204 g/mol. The predicted octanol–water partition coefficient (Wildman–Crippen LogP) is 1.96. The third-order valence-corrected chi connectivity index (χ3v) is 2.64. The largest absolute Gasteiger partial charge is 0.468 e. The highest BCUT2D eigenvalue weighted by atomic mass is 16.5. The van der Waals surface area contributed by atoms with Crippen LogP contribution in [-0.2, 0) is 9.53 Å². The molecule has 0 fully saturated rings. The minimum absolute atomic E-state index is 0.00399. The van der Waals surface area contributed by atoms with E-state index in [0.29, 0.717) is 0 Å². The molecule has 3 nitrogen and oxygen atoms in total. The van der Waals surface area contributed by atoms with Crippen LogP contribution in [0.25, 0.3) is 0 Å². The van der Waals surface area contributed by atoms with Gasteiger partial charge < -0.3 is 9.84 Å². The molecule has 3 heteroatoms. The summed E-state index contributed by atoms with van der Waals surface area (Å²) >= 11 is 0. The Morgan fingerprint density at radius 1 is 1.25 bits per heavy atom. The number of aliphatic hydroxyl groups is 1. The molecule has 0 saturated carbocycles. The SMILES string of the molecule is COC(=O)C(c1ccccc1)C(O)C(C)C. The first-order valence-corrected chi connectivity index (χ1v) is 5.38. The number of aliphatic hydroxyl groups excluding tert-OH is 1.